The first kappa shape index (κ1) is 14.3. The van der Waals surface area contributed by atoms with E-state index in [1.54, 1.807) is 0 Å². The molecule has 1 spiro atoms. The second-order valence-corrected chi connectivity index (χ2v) is 8.04. The van der Waals surface area contributed by atoms with Gasteiger partial charge in [-0.15, -0.1) is 0 Å². The van der Waals surface area contributed by atoms with Crippen molar-refractivity contribution < 1.29 is 14.3 Å². The summed E-state index contributed by atoms with van der Waals surface area (Å²) in [7, 11) is 0. The maximum Gasteiger partial charge on any atom is 0.407 e. The molecule has 5 heteroatoms. The van der Waals surface area contributed by atoms with Crippen LogP contribution in [-0.4, -0.2) is 42.1 Å². The number of hydrogen-bond donors (Lipinski definition) is 1. The van der Waals surface area contributed by atoms with Crippen LogP contribution < -0.4 is 5.32 Å². The van der Waals surface area contributed by atoms with Gasteiger partial charge < -0.3 is 15.0 Å². The average molecular weight is 326 g/mol. The third-order valence-corrected chi connectivity index (χ3v) is 6.63. The second-order valence-electron chi connectivity index (χ2n) is 8.04. The van der Waals surface area contributed by atoms with E-state index < -0.39 is 0 Å². The summed E-state index contributed by atoms with van der Waals surface area (Å²) >= 11 is 0. The lowest BCUT2D eigenvalue weighted by molar-refractivity contribution is -0.142. The Morgan fingerprint density at radius 2 is 2.00 bits per heavy atom. The van der Waals surface area contributed by atoms with E-state index in [9.17, 15) is 9.59 Å². The number of alkyl carbamates (subject to hydrolysis) is 1. The minimum Gasteiger partial charge on any atom is -0.447 e. The molecule has 0 aromatic heterocycles. The molecule has 2 saturated heterocycles. The fraction of sp³-hybridized carbons (Fsp3) is 0.579. The Hall–Kier alpha value is -2.04. The van der Waals surface area contributed by atoms with Crippen LogP contribution in [0.1, 0.15) is 31.2 Å². The monoisotopic (exact) mass is 326 g/mol. The van der Waals surface area contributed by atoms with Crippen molar-refractivity contribution in [1.82, 2.24) is 10.2 Å². The van der Waals surface area contributed by atoms with Crippen molar-refractivity contribution in [2.45, 2.75) is 36.6 Å². The predicted molar refractivity (Wildman–Crippen MR) is 87.4 cm³/mol. The van der Waals surface area contributed by atoms with E-state index in [2.05, 4.69) is 40.5 Å². The summed E-state index contributed by atoms with van der Waals surface area (Å²) < 4.78 is 5.00. The molecule has 1 aromatic carbocycles. The van der Waals surface area contributed by atoms with Gasteiger partial charge in [0, 0.05) is 24.4 Å². The zero-order valence-corrected chi connectivity index (χ0v) is 13.7. The number of nitrogens with zero attached hydrogens (tertiary/aromatic N) is 1. The number of hydrogen-bond acceptors (Lipinski definition) is 3. The van der Waals surface area contributed by atoms with Crippen molar-refractivity contribution in [2.75, 3.05) is 19.7 Å². The number of ether oxygens (including phenoxy) is 1. The normalized spacial score (nSPS) is 39.7. The summed E-state index contributed by atoms with van der Waals surface area (Å²) in [5.74, 6) is 0.937. The van der Waals surface area contributed by atoms with Gasteiger partial charge in [0.25, 0.3) is 0 Å². The highest BCUT2D eigenvalue weighted by atomic mass is 16.6. The molecule has 2 atom stereocenters. The minimum absolute atomic E-state index is 0.0509. The minimum atomic E-state index is -0.343. The molecule has 0 bridgehead atoms. The molecular weight excluding hydrogens is 304 g/mol. The topological polar surface area (TPSA) is 58.6 Å². The Morgan fingerprint density at radius 3 is 2.67 bits per heavy atom. The zero-order chi connectivity index (χ0) is 16.4. The molecule has 2 aliphatic heterocycles. The van der Waals surface area contributed by atoms with Gasteiger partial charge >= 0.3 is 6.09 Å². The molecule has 2 saturated carbocycles. The van der Waals surface area contributed by atoms with Crippen LogP contribution in [0.5, 0.6) is 0 Å². The van der Waals surface area contributed by atoms with Crippen LogP contribution in [0.4, 0.5) is 4.79 Å². The van der Waals surface area contributed by atoms with Gasteiger partial charge in [-0.1, -0.05) is 30.3 Å². The third-order valence-electron chi connectivity index (χ3n) is 6.63. The molecule has 5 nitrogen and oxygen atoms in total. The van der Waals surface area contributed by atoms with Crippen molar-refractivity contribution in [3.8, 4) is 0 Å². The largest absolute Gasteiger partial charge is 0.447 e. The first-order chi connectivity index (χ1) is 11.6. The van der Waals surface area contributed by atoms with E-state index in [0.717, 1.165) is 32.4 Å². The van der Waals surface area contributed by atoms with Gasteiger partial charge in [0.15, 0.2) is 0 Å². The lowest BCUT2D eigenvalue weighted by atomic mass is 9.68. The number of fused-ring (bicyclic) bond motifs is 1. The molecule has 5 rings (SSSR count). The van der Waals surface area contributed by atoms with Gasteiger partial charge in [-0.2, -0.15) is 0 Å². The van der Waals surface area contributed by atoms with E-state index in [1.165, 1.54) is 12.0 Å². The molecule has 4 aliphatic rings. The Morgan fingerprint density at radius 1 is 1.21 bits per heavy atom. The Bertz CT molecular complexity index is 698. The van der Waals surface area contributed by atoms with E-state index in [1.807, 2.05) is 0 Å². The number of carbonyl (C=O) groups excluding carboxylic acids is 2. The third kappa shape index (κ3) is 2.00. The lowest BCUT2D eigenvalue weighted by Crippen LogP contribution is -2.58. The molecule has 2 amide bonds. The molecule has 2 aliphatic carbocycles. The SMILES string of the molecule is O=C1NC2(CO1)CC(C(=O)N1CC[C@@]3(c4ccccc4)C[C@H]3C1)C2. The second kappa shape index (κ2) is 4.74. The standard InChI is InChI=1S/C19H22N2O3/c22-16(13-8-18(9-13)12-24-17(23)20-18)21-7-6-19(10-15(19)11-21)14-4-2-1-3-5-14/h1-5,13,15H,6-12H2,(H,20,23)/t13?,15-,18?,19-/m0/s1. The highest BCUT2D eigenvalue weighted by molar-refractivity contribution is 5.82. The molecule has 2 heterocycles. The highest BCUT2D eigenvalue weighted by Gasteiger charge is 2.59. The van der Waals surface area contributed by atoms with Crippen LogP contribution in [0, 0.1) is 11.8 Å². The molecule has 24 heavy (non-hydrogen) atoms. The molecule has 126 valence electrons. The fourth-order valence-electron chi connectivity index (χ4n) is 5.11. The Kier molecular flexibility index (Phi) is 2.83. The van der Waals surface area contributed by atoms with Crippen molar-refractivity contribution in [3.63, 3.8) is 0 Å². The Balaban J connectivity index is 1.21. The Labute approximate surface area is 141 Å². The van der Waals surface area contributed by atoms with Gasteiger partial charge in [0.1, 0.15) is 6.61 Å². The van der Waals surface area contributed by atoms with Crippen molar-refractivity contribution in [1.29, 1.82) is 0 Å². The van der Waals surface area contributed by atoms with E-state index in [4.69, 9.17) is 4.74 Å². The molecule has 4 fully saturated rings. The molecule has 1 N–H and O–H groups in total. The molecular formula is C19H22N2O3. The zero-order valence-electron chi connectivity index (χ0n) is 13.7. The molecule has 0 radical (unpaired) electrons. The lowest BCUT2D eigenvalue weighted by Gasteiger charge is -2.44. The van der Waals surface area contributed by atoms with Crippen LogP contribution in [0.2, 0.25) is 0 Å². The van der Waals surface area contributed by atoms with Crippen molar-refractivity contribution >= 4 is 12.0 Å². The number of amides is 2. The summed E-state index contributed by atoms with van der Waals surface area (Å²) in [5.41, 5.74) is 1.50. The van der Waals surface area contributed by atoms with Gasteiger partial charge in [0.05, 0.1) is 5.54 Å². The molecule has 1 aromatic rings. The van der Waals surface area contributed by atoms with Gasteiger partial charge in [0.2, 0.25) is 5.91 Å². The number of carbonyl (C=O) groups is 2. The van der Waals surface area contributed by atoms with E-state index in [0.29, 0.717) is 17.9 Å². The van der Waals surface area contributed by atoms with Crippen LogP contribution in [0.15, 0.2) is 30.3 Å². The summed E-state index contributed by atoms with van der Waals surface area (Å²) in [6.45, 7) is 2.16. The summed E-state index contributed by atoms with van der Waals surface area (Å²) in [6, 6.07) is 10.8. The first-order valence-electron chi connectivity index (χ1n) is 8.90. The van der Waals surface area contributed by atoms with Crippen LogP contribution >= 0.6 is 0 Å². The van der Waals surface area contributed by atoms with Crippen LogP contribution in [0.25, 0.3) is 0 Å². The van der Waals surface area contributed by atoms with Gasteiger partial charge in [-0.3, -0.25) is 4.79 Å². The van der Waals surface area contributed by atoms with E-state index >= 15 is 0 Å². The average Bonchev–Trinajstić information content (AvgIpc) is 3.19. The number of benzene rings is 1. The molecule has 0 unspecified atom stereocenters. The van der Waals surface area contributed by atoms with E-state index in [-0.39, 0.29) is 23.5 Å². The number of rotatable bonds is 2. The summed E-state index contributed by atoms with van der Waals surface area (Å²) in [4.78, 5) is 26.1. The number of likely N-dealkylation sites (tertiary alicyclic amines) is 1. The van der Waals surface area contributed by atoms with Crippen LogP contribution in [-0.2, 0) is 14.9 Å². The number of cyclic esters (lactones) is 1. The first-order valence-corrected chi connectivity index (χ1v) is 8.90. The fourth-order valence-corrected chi connectivity index (χ4v) is 5.11. The maximum atomic E-state index is 12.8. The van der Waals surface area contributed by atoms with Crippen LogP contribution in [0.3, 0.4) is 0 Å². The van der Waals surface area contributed by atoms with Gasteiger partial charge in [-0.25, -0.2) is 4.79 Å². The van der Waals surface area contributed by atoms with Gasteiger partial charge in [-0.05, 0) is 37.2 Å². The predicted octanol–water partition coefficient (Wildman–Crippen LogP) is 2.07. The maximum absolute atomic E-state index is 12.8. The van der Waals surface area contributed by atoms with Crippen molar-refractivity contribution in [2.24, 2.45) is 11.8 Å². The number of piperidine rings is 1. The summed E-state index contributed by atoms with van der Waals surface area (Å²) in [6.07, 6.45) is 3.39. The smallest absolute Gasteiger partial charge is 0.407 e. The quantitative estimate of drug-likeness (QED) is 0.905. The highest BCUT2D eigenvalue weighted by Crippen LogP contribution is 2.59. The van der Waals surface area contributed by atoms with Crippen molar-refractivity contribution in [3.05, 3.63) is 35.9 Å². The number of nitrogens with one attached hydrogen (secondary N) is 1. The summed E-state index contributed by atoms with van der Waals surface area (Å²) in [5, 5.41) is 2.87.